The molecule has 4 heteroatoms. The lowest BCUT2D eigenvalue weighted by Crippen LogP contribution is -2.46. The summed E-state index contributed by atoms with van der Waals surface area (Å²) in [5.74, 6) is 0.164. The van der Waals surface area contributed by atoms with Crippen molar-refractivity contribution in [3.8, 4) is 0 Å². The highest BCUT2D eigenvalue weighted by molar-refractivity contribution is 9.10. The zero-order valence-electron chi connectivity index (χ0n) is 10.9. The van der Waals surface area contributed by atoms with E-state index < -0.39 is 0 Å². The molecule has 0 spiro atoms. The Kier molecular flexibility index (Phi) is 3.61. The van der Waals surface area contributed by atoms with Crippen molar-refractivity contribution in [1.29, 1.82) is 0 Å². The van der Waals surface area contributed by atoms with Gasteiger partial charge in [0.2, 0.25) is 0 Å². The van der Waals surface area contributed by atoms with E-state index in [1.807, 2.05) is 25.1 Å². The van der Waals surface area contributed by atoms with Crippen molar-refractivity contribution in [3.05, 3.63) is 33.8 Å². The smallest absolute Gasteiger partial charge is 0.254 e. The Morgan fingerprint density at radius 3 is 2.53 bits per heavy atom. The number of alkyl halides is 1. The average molecular weight is 343 g/mol. The predicted octanol–water partition coefficient (Wildman–Crippen LogP) is 4.13. The lowest BCUT2D eigenvalue weighted by atomic mass is 10.0. The minimum absolute atomic E-state index is 0.164. The molecular formula is C15H17BrClNO. The van der Waals surface area contributed by atoms with Gasteiger partial charge in [-0.05, 0) is 50.3 Å². The van der Waals surface area contributed by atoms with Crippen LogP contribution in [0, 0.1) is 6.92 Å². The van der Waals surface area contributed by atoms with Gasteiger partial charge in [0.1, 0.15) is 0 Å². The van der Waals surface area contributed by atoms with Crippen molar-refractivity contribution in [2.45, 2.75) is 50.1 Å². The normalized spacial score (nSPS) is 29.6. The molecule has 0 N–H and O–H groups in total. The Morgan fingerprint density at radius 2 is 1.95 bits per heavy atom. The van der Waals surface area contributed by atoms with Gasteiger partial charge in [0.25, 0.3) is 5.91 Å². The summed E-state index contributed by atoms with van der Waals surface area (Å²) < 4.78 is 0.998. The standard InChI is InChI=1S/C15H17BrClNO/c1-9-2-3-10(6-14(9)16)15(19)18-12-4-5-13(18)8-11(17)7-12/h2-3,6,11-13H,4-5,7-8H2,1H3. The first kappa shape index (κ1) is 13.4. The maximum absolute atomic E-state index is 12.7. The van der Waals surface area contributed by atoms with Crippen LogP contribution in [0.1, 0.15) is 41.6 Å². The summed E-state index contributed by atoms with van der Waals surface area (Å²) in [5.41, 5.74) is 1.93. The fraction of sp³-hybridized carbons (Fsp3) is 0.533. The first-order chi connectivity index (χ1) is 9.06. The monoisotopic (exact) mass is 341 g/mol. The number of carbonyl (C=O) groups is 1. The van der Waals surface area contributed by atoms with Crippen LogP contribution in [-0.2, 0) is 0 Å². The van der Waals surface area contributed by atoms with Crippen LogP contribution in [0.4, 0.5) is 0 Å². The Morgan fingerprint density at radius 1 is 1.32 bits per heavy atom. The van der Waals surface area contributed by atoms with E-state index in [1.165, 1.54) is 0 Å². The van der Waals surface area contributed by atoms with Crippen molar-refractivity contribution >= 4 is 33.4 Å². The molecule has 0 radical (unpaired) electrons. The Balaban J connectivity index is 1.86. The number of nitrogens with zero attached hydrogens (tertiary/aromatic N) is 1. The topological polar surface area (TPSA) is 20.3 Å². The minimum atomic E-state index is 0.164. The molecule has 1 aromatic rings. The fourth-order valence-corrected chi connectivity index (χ4v) is 4.11. The maximum atomic E-state index is 12.7. The van der Waals surface area contributed by atoms with E-state index in [4.69, 9.17) is 11.6 Å². The fourth-order valence-electron chi connectivity index (χ4n) is 3.32. The minimum Gasteiger partial charge on any atom is -0.333 e. The van der Waals surface area contributed by atoms with E-state index >= 15 is 0 Å². The number of hydrogen-bond acceptors (Lipinski definition) is 1. The molecule has 19 heavy (non-hydrogen) atoms. The Labute approximate surface area is 127 Å². The number of hydrogen-bond donors (Lipinski definition) is 0. The Bertz CT molecular complexity index is 505. The van der Waals surface area contributed by atoms with E-state index in [0.29, 0.717) is 12.1 Å². The molecule has 2 aliphatic rings. The first-order valence-corrected chi connectivity index (χ1v) is 8.02. The van der Waals surface area contributed by atoms with Crippen LogP contribution in [0.2, 0.25) is 0 Å². The molecule has 2 aliphatic heterocycles. The van der Waals surface area contributed by atoms with Gasteiger partial charge in [0, 0.05) is 27.5 Å². The van der Waals surface area contributed by atoms with Crippen LogP contribution in [0.5, 0.6) is 0 Å². The maximum Gasteiger partial charge on any atom is 0.254 e. The molecule has 0 aliphatic carbocycles. The summed E-state index contributed by atoms with van der Waals surface area (Å²) in [7, 11) is 0. The molecular weight excluding hydrogens is 326 g/mol. The summed E-state index contributed by atoms with van der Waals surface area (Å²) in [6, 6.07) is 6.54. The number of aryl methyl sites for hydroxylation is 1. The summed E-state index contributed by atoms with van der Waals surface area (Å²) in [6.07, 6.45) is 4.09. The molecule has 1 amide bonds. The molecule has 2 saturated heterocycles. The van der Waals surface area contributed by atoms with Crippen molar-refractivity contribution in [1.82, 2.24) is 4.90 Å². The molecule has 2 fully saturated rings. The van der Waals surface area contributed by atoms with Gasteiger partial charge < -0.3 is 4.90 Å². The van der Waals surface area contributed by atoms with Crippen LogP contribution in [0.15, 0.2) is 22.7 Å². The van der Waals surface area contributed by atoms with Gasteiger partial charge in [-0.3, -0.25) is 4.79 Å². The lowest BCUT2D eigenvalue weighted by molar-refractivity contribution is 0.0599. The number of piperidine rings is 1. The second-order valence-corrected chi connectivity index (χ2v) is 7.10. The molecule has 2 nitrogen and oxygen atoms in total. The summed E-state index contributed by atoms with van der Waals surface area (Å²) >= 11 is 9.76. The third-order valence-corrected chi connectivity index (χ3v) is 5.54. The summed E-state index contributed by atoms with van der Waals surface area (Å²) in [6.45, 7) is 2.03. The van der Waals surface area contributed by atoms with Crippen molar-refractivity contribution in [3.63, 3.8) is 0 Å². The van der Waals surface area contributed by atoms with E-state index in [0.717, 1.165) is 41.3 Å². The molecule has 102 valence electrons. The number of carbonyl (C=O) groups excluding carboxylic acids is 1. The SMILES string of the molecule is Cc1ccc(C(=O)N2C3CCC2CC(Cl)C3)cc1Br. The lowest BCUT2D eigenvalue weighted by Gasteiger charge is -2.37. The van der Waals surface area contributed by atoms with Crippen molar-refractivity contribution in [2.75, 3.05) is 0 Å². The van der Waals surface area contributed by atoms with Crippen LogP contribution in [-0.4, -0.2) is 28.3 Å². The molecule has 2 bridgehead atoms. The molecule has 2 unspecified atom stereocenters. The molecule has 3 rings (SSSR count). The van der Waals surface area contributed by atoms with E-state index in [9.17, 15) is 4.79 Å². The number of amides is 1. The zero-order valence-corrected chi connectivity index (χ0v) is 13.2. The second kappa shape index (κ2) is 5.10. The number of benzene rings is 1. The van der Waals surface area contributed by atoms with E-state index in [-0.39, 0.29) is 11.3 Å². The molecule has 0 saturated carbocycles. The van der Waals surface area contributed by atoms with Gasteiger partial charge in [-0.2, -0.15) is 0 Å². The van der Waals surface area contributed by atoms with Crippen molar-refractivity contribution < 1.29 is 4.79 Å². The summed E-state index contributed by atoms with van der Waals surface area (Å²) in [5, 5.41) is 0.242. The average Bonchev–Trinajstić information content (AvgIpc) is 2.64. The third-order valence-electron chi connectivity index (χ3n) is 4.33. The molecule has 0 aromatic heterocycles. The highest BCUT2D eigenvalue weighted by Gasteiger charge is 2.42. The number of rotatable bonds is 1. The number of halogens is 2. The van der Waals surface area contributed by atoms with Gasteiger partial charge in [0.05, 0.1) is 0 Å². The quantitative estimate of drug-likeness (QED) is 0.703. The Hall–Kier alpha value is -0.540. The van der Waals surface area contributed by atoms with Crippen molar-refractivity contribution in [2.24, 2.45) is 0 Å². The predicted molar refractivity (Wildman–Crippen MR) is 80.7 cm³/mol. The van der Waals surface area contributed by atoms with Crippen LogP contribution in [0.25, 0.3) is 0 Å². The van der Waals surface area contributed by atoms with Gasteiger partial charge >= 0.3 is 0 Å². The van der Waals surface area contributed by atoms with Gasteiger partial charge in [-0.25, -0.2) is 0 Å². The largest absolute Gasteiger partial charge is 0.333 e. The molecule has 2 atom stereocenters. The van der Waals surface area contributed by atoms with Gasteiger partial charge in [-0.1, -0.05) is 22.0 Å². The summed E-state index contributed by atoms with van der Waals surface area (Å²) in [4.78, 5) is 14.8. The highest BCUT2D eigenvalue weighted by atomic mass is 79.9. The van der Waals surface area contributed by atoms with Crippen LogP contribution >= 0.6 is 27.5 Å². The number of fused-ring (bicyclic) bond motifs is 2. The third kappa shape index (κ3) is 2.43. The van der Waals surface area contributed by atoms with Gasteiger partial charge in [0.15, 0.2) is 0 Å². The zero-order chi connectivity index (χ0) is 13.6. The van der Waals surface area contributed by atoms with Gasteiger partial charge in [-0.15, -0.1) is 11.6 Å². The molecule has 1 aromatic carbocycles. The highest BCUT2D eigenvalue weighted by Crippen LogP contribution is 2.38. The second-order valence-electron chi connectivity index (χ2n) is 5.63. The molecule has 2 heterocycles. The van der Waals surface area contributed by atoms with E-state index in [2.05, 4.69) is 20.8 Å². The van der Waals surface area contributed by atoms with Crippen LogP contribution in [0.3, 0.4) is 0 Å². The van der Waals surface area contributed by atoms with Crippen LogP contribution < -0.4 is 0 Å². The van der Waals surface area contributed by atoms with E-state index in [1.54, 1.807) is 0 Å². The first-order valence-electron chi connectivity index (χ1n) is 6.79.